The van der Waals surface area contributed by atoms with Crippen LogP contribution in [-0.4, -0.2) is 13.7 Å². The van der Waals surface area contributed by atoms with Crippen LogP contribution in [0.15, 0.2) is 23.6 Å². The van der Waals surface area contributed by atoms with Crippen molar-refractivity contribution in [3.8, 4) is 0 Å². The number of hydrogen-bond acceptors (Lipinski definition) is 1. The third-order valence-corrected chi connectivity index (χ3v) is 7.90. The summed E-state index contributed by atoms with van der Waals surface area (Å²) in [6, 6.07) is 2.87. The van der Waals surface area contributed by atoms with Crippen molar-refractivity contribution in [2.24, 2.45) is 0 Å². The Hall–Kier alpha value is 0.917. The Morgan fingerprint density at radius 1 is 1.25 bits per heavy atom. The molecule has 66 valence electrons. The SMILES string of the molecule is CC[SiH](CC)C1C=CC=CS1.[Hf]. The van der Waals surface area contributed by atoms with Crippen molar-refractivity contribution >= 4 is 20.6 Å². The summed E-state index contributed by atoms with van der Waals surface area (Å²) < 4.78 is 0. The van der Waals surface area contributed by atoms with E-state index in [0.29, 0.717) is 0 Å². The Balaban J connectivity index is 0.00000121. The zero-order valence-electron chi connectivity index (χ0n) is 7.79. The molecule has 0 nitrogen and oxygen atoms in total. The molecule has 1 unspecified atom stereocenters. The van der Waals surface area contributed by atoms with E-state index in [1.807, 2.05) is 11.8 Å². The van der Waals surface area contributed by atoms with Gasteiger partial charge in [-0.25, -0.2) is 0 Å². The molecule has 0 radical (unpaired) electrons. The number of hydrogen-bond donors (Lipinski definition) is 0. The van der Waals surface area contributed by atoms with E-state index in [4.69, 9.17) is 0 Å². The zero-order chi connectivity index (χ0) is 8.10. The van der Waals surface area contributed by atoms with Gasteiger partial charge in [0.2, 0.25) is 0 Å². The van der Waals surface area contributed by atoms with Crippen LogP contribution in [0.25, 0.3) is 0 Å². The van der Waals surface area contributed by atoms with E-state index in [1.54, 1.807) is 0 Å². The van der Waals surface area contributed by atoms with Gasteiger partial charge < -0.3 is 0 Å². The van der Waals surface area contributed by atoms with Crippen molar-refractivity contribution in [3.63, 3.8) is 0 Å². The zero-order valence-corrected chi connectivity index (χ0v) is 13.4. The van der Waals surface area contributed by atoms with E-state index in [0.717, 1.165) is 4.87 Å². The minimum absolute atomic E-state index is 0. The van der Waals surface area contributed by atoms with Crippen LogP contribution in [0.1, 0.15) is 13.8 Å². The van der Waals surface area contributed by atoms with Crippen molar-refractivity contribution in [2.75, 3.05) is 0 Å². The second-order valence-electron chi connectivity index (χ2n) is 2.89. The van der Waals surface area contributed by atoms with Crippen molar-refractivity contribution in [3.05, 3.63) is 23.6 Å². The van der Waals surface area contributed by atoms with E-state index >= 15 is 0 Å². The van der Waals surface area contributed by atoms with Crippen molar-refractivity contribution < 1.29 is 25.8 Å². The van der Waals surface area contributed by atoms with Gasteiger partial charge in [0.25, 0.3) is 0 Å². The molecule has 0 aromatic carbocycles. The van der Waals surface area contributed by atoms with Crippen LogP contribution in [-0.2, 0) is 25.8 Å². The number of allylic oxidation sites excluding steroid dienone is 2. The largest absolute Gasteiger partial charge is 0.130 e. The minimum Gasteiger partial charge on any atom is -0.130 e. The Morgan fingerprint density at radius 2 is 1.92 bits per heavy atom. The molecule has 0 bridgehead atoms. The summed E-state index contributed by atoms with van der Waals surface area (Å²) in [7, 11) is -0.449. The summed E-state index contributed by atoms with van der Waals surface area (Å²) in [5, 5.41) is 2.23. The molecule has 12 heavy (non-hydrogen) atoms. The monoisotopic (exact) mass is 364 g/mol. The molecule has 0 saturated carbocycles. The summed E-state index contributed by atoms with van der Waals surface area (Å²) >= 11 is 2.01. The number of thioether (sulfide) groups is 1. The molecular weight excluding hydrogens is 347 g/mol. The van der Waals surface area contributed by atoms with Crippen LogP contribution >= 0.6 is 11.8 Å². The smallest absolute Gasteiger partial charge is 0.0565 e. The quantitative estimate of drug-likeness (QED) is 0.696. The first-order valence-corrected chi connectivity index (χ1v) is 7.61. The average molecular weight is 363 g/mol. The maximum absolute atomic E-state index is 2.38. The molecule has 0 fully saturated rings. The molecule has 0 aromatic heterocycles. The summed E-state index contributed by atoms with van der Waals surface area (Å²) in [5.74, 6) is 0. The molecule has 0 amide bonds. The van der Waals surface area contributed by atoms with E-state index < -0.39 is 8.80 Å². The molecule has 3 heteroatoms. The van der Waals surface area contributed by atoms with Crippen molar-refractivity contribution in [1.29, 1.82) is 0 Å². The molecule has 1 aliphatic heterocycles. The molecule has 0 aliphatic carbocycles. The maximum atomic E-state index is 2.38. The summed E-state index contributed by atoms with van der Waals surface area (Å²) in [5.41, 5.74) is 0. The fraction of sp³-hybridized carbons (Fsp3) is 0.556. The van der Waals surface area contributed by atoms with Crippen LogP contribution in [0.3, 0.4) is 0 Å². The van der Waals surface area contributed by atoms with Crippen molar-refractivity contribution in [1.82, 2.24) is 0 Å². The molecule has 0 spiro atoms. The second kappa shape index (κ2) is 7.33. The van der Waals surface area contributed by atoms with E-state index in [1.165, 1.54) is 12.1 Å². The van der Waals surface area contributed by atoms with Gasteiger partial charge in [0.05, 0.1) is 8.80 Å². The van der Waals surface area contributed by atoms with Gasteiger partial charge in [-0.15, -0.1) is 11.8 Å². The topological polar surface area (TPSA) is 0 Å². The molecule has 1 atom stereocenters. The fourth-order valence-electron chi connectivity index (χ4n) is 1.42. The van der Waals surface area contributed by atoms with Gasteiger partial charge in [-0.3, -0.25) is 0 Å². The van der Waals surface area contributed by atoms with Gasteiger partial charge in [-0.05, 0) is 5.41 Å². The van der Waals surface area contributed by atoms with E-state index in [9.17, 15) is 0 Å². The van der Waals surface area contributed by atoms with E-state index in [-0.39, 0.29) is 25.8 Å². The third kappa shape index (κ3) is 3.75. The molecule has 0 N–H and O–H groups in total. The van der Waals surface area contributed by atoms with Gasteiger partial charge in [0.1, 0.15) is 0 Å². The Kier molecular flexibility index (Phi) is 7.89. The molecule has 0 aromatic rings. The van der Waals surface area contributed by atoms with Crippen LogP contribution in [0.4, 0.5) is 0 Å². The molecule has 1 aliphatic rings. The Morgan fingerprint density at radius 3 is 2.33 bits per heavy atom. The third-order valence-electron chi connectivity index (χ3n) is 2.24. The second-order valence-corrected chi connectivity index (χ2v) is 8.33. The fourth-order valence-corrected chi connectivity index (χ4v) is 6.23. The van der Waals surface area contributed by atoms with Crippen LogP contribution < -0.4 is 0 Å². The van der Waals surface area contributed by atoms with Gasteiger partial charge >= 0.3 is 0 Å². The minimum atomic E-state index is -0.449. The Labute approximate surface area is 100 Å². The summed E-state index contributed by atoms with van der Waals surface area (Å²) in [6.45, 7) is 4.68. The van der Waals surface area contributed by atoms with Crippen molar-refractivity contribution in [2.45, 2.75) is 30.8 Å². The maximum Gasteiger partial charge on any atom is 0.0565 e. The van der Waals surface area contributed by atoms with Crippen LogP contribution in [0, 0.1) is 0 Å². The van der Waals surface area contributed by atoms with Gasteiger partial charge in [-0.1, -0.05) is 44.2 Å². The first-order chi connectivity index (χ1) is 5.38. The first kappa shape index (κ1) is 12.9. The van der Waals surface area contributed by atoms with Gasteiger partial charge in [-0.2, -0.15) is 0 Å². The predicted octanol–water partition coefficient (Wildman–Crippen LogP) is 2.98. The molecular formula is C9H16HfSSi. The standard InChI is InChI=1S/C9H16SSi.Hf/c1-3-11(4-2)9-7-5-6-8-10-9;/h5-9,11H,3-4H2,1-2H3;. The van der Waals surface area contributed by atoms with Crippen LogP contribution in [0.5, 0.6) is 0 Å². The summed E-state index contributed by atoms with van der Waals surface area (Å²) in [4.78, 5) is 0.870. The van der Waals surface area contributed by atoms with Crippen LogP contribution in [0.2, 0.25) is 12.1 Å². The molecule has 1 rings (SSSR count). The van der Waals surface area contributed by atoms with Gasteiger partial charge in [0, 0.05) is 30.7 Å². The Bertz CT molecular complexity index is 164. The predicted molar refractivity (Wildman–Crippen MR) is 57.8 cm³/mol. The number of rotatable bonds is 3. The average Bonchev–Trinajstić information content (AvgIpc) is 2.09. The van der Waals surface area contributed by atoms with E-state index in [2.05, 4.69) is 37.5 Å². The normalized spacial score (nSPS) is 21.1. The molecule has 0 saturated heterocycles. The molecule has 1 heterocycles. The summed E-state index contributed by atoms with van der Waals surface area (Å²) in [6.07, 6.45) is 6.72. The van der Waals surface area contributed by atoms with Gasteiger partial charge in [0.15, 0.2) is 0 Å². The first-order valence-electron chi connectivity index (χ1n) is 4.37.